The fraction of sp³-hybridized carbons (Fsp3) is 0.750. The highest BCUT2D eigenvalue weighted by atomic mass is 32.2. The van der Waals surface area contributed by atoms with E-state index < -0.39 is 0 Å². The van der Waals surface area contributed by atoms with Gasteiger partial charge in [-0.15, -0.1) is 0 Å². The van der Waals surface area contributed by atoms with Gasteiger partial charge >= 0.3 is 0 Å². The molecule has 120 valence electrons. The van der Waals surface area contributed by atoms with Gasteiger partial charge in [0.05, 0.1) is 0 Å². The molecule has 1 rings (SSSR count). The molecule has 0 bridgehead atoms. The summed E-state index contributed by atoms with van der Waals surface area (Å²) in [5, 5.41) is 2.62. The molecule has 0 saturated carbocycles. The highest BCUT2D eigenvalue weighted by Crippen LogP contribution is 2.24. The van der Waals surface area contributed by atoms with Gasteiger partial charge in [0.1, 0.15) is 0 Å². The Labute approximate surface area is 153 Å². The van der Waals surface area contributed by atoms with Crippen LogP contribution in [0.3, 0.4) is 0 Å². The summed E-state index contributed by atoms with van der Waals surface area (Å²) in [5.41, 5.74) is 0. The topological polar surface area (TPSA) is 38.7 Å². The predicted octanol–water partition coefficient (Wildman–Crippen LogP) is 4.24. The maximum Gasteiger partial charge on any atom is 0.192 e. The fourth-order valence-corrected chi connectivity index (χ4v) is 5.79. The van der Waals surface area contributed by atoms with Crippen LogP contribution < -0.4 is 0 Å². The van der Waals surface area contributed by atoms with Crippen LogP contribution in [-0.4, -0.2) is 68.2 Å². The number of thioether (sulfide) groups is 6. The van der Waals surface area contributed by atoms with Gasteiger partial charge in [0.15, 0.2) is 15.5 Å². The van der Waals surface area contributed by atoms with E-state index in [2.05, 4.69) is 33.7 Å². The first-order chi connectivity index (χ1) is 10.3. The predicted molar refractivity (Wildman–Crippen MR) is 107 cm³/mol. The summed E-state index contributed by atoms with van der Waals surface area (Å²) in [5.74, 6) is 6.53. The number of rotatable bonds is 12. The Balaban J connectivity index is 2.65. The lowest BCUT2D eigenvalue weighted by Crippen LogP contribution is -2.00. The van der Waals surface area contributed by atoms with Gasteiger partial charge in [0.25, 0.3) is 0 Å². The minimum absolute atomic E-state index is 0.873. The molecule has 0 aliphatic rings. The third-order valence-electron chi connectivity index (χ3n) is 2.13. The van der Waals surface area contributed by atoms with Crippen molar-refractivity contribution in [1.82, 2.24) is 15.0 Å². The van der Waals surface area contributed by atoms with Gasteiger partial charge in [0, 0.05) is 34.5 Å². The van der Waals surface area contributed by atoms with E-state index in [4.69, 9.17) is 0 Å². The first-order valence-electron chi connectivity index (χ1n) is 6.41. The summed E-state index contributed by atoms with van der Waals surface area (Å²) in [6, 6.07) is 0. The second-order valence-corrected chi connectivity index (χ2v) is 9.85. The van der Waals surface area contributed by atoms with Crippen LogP contribution in [0.15, 0.2) is 15.5 Å². The van der Waals surface area contributed by atoms with Crippen molar-refractivity contribution < 1.29 is 0 Å². The average molecular weight is 400 g/mol. The minimum atomic E-state index is 0.873. The molecule has 3 nitrogen and oxygen atoms in total. The Kier molecular flexibility index (Phi) is 13.0. The van der Waals surface area contributed by atoms with Crippen molar-refractivity contribution in [2.24, 2.45) is 0 Å². The Morgan fingerprint density at radius 1 is 0.524 bits per heavy atom. The summed E-state index contributed by atoms with van der Waals surface area (Å²) >= 11 is 10.8. The minimum Gasteiger partial charge on any atom is -0.196 e. The van der Waals surface area contributed by atoms with E-state index in [-0.39, 0.29) is 0 Å². The molecule has 0 N–H and O–H groups in total. The quantitative estimate of drug-likeness (QED) is 0.379. The summed E-state index contributed by atoms with van der Waals surface area (Å²) in [4.78, 5) is 13.7. The molecule has 0 aliphatic heterocycles. The molecule has 0 aliphatic carbocycles. The van der Waals surface area contributed by atoms with Crippen LogP contribution in [-0.2, 0) is 0 Å². The van der Waals surface area contributed by atoms with E-state index in [0.29, 0.717) is 0 Å². The van der Waals surface area contributed by atoms with Crippen LogP contribution in [0.4, 0.5) is 0 Å². The lowest BCUT2D eigenvalue weighted by atomic mass is 11.0. The Morgan fingerprint density at radius 3 is 1.05 bits per heavy atom. The second kappa shape index (κ2) is 13.5. The molecular weight excluding hydrogens is 379 g/mol. The molecule has 21 heavy (non-hydrogen) atoms. The zero-order valence-electron chi connectivity index (χ0n) is 12.5. The van der Waals surface area contributed by atoms with Crippen LogP contribution in [0, 0.1) is 0 Å². The van der Waals surface area contributed by atoms with Gasteiger partial charge < -0.3 is 0 Å². The van der Waals surface area contributed by atoms with Crippen LogP contribution in [0.2, 0.25) is 0 Å². The molecule has 0 amide bonds. The third-order valence-corrected chi connectivity index (χ3v) is 7.29. The van der Waals surface area contributed by atoms with Gasteiger partial charge in [-0.1, -0.05) is 35.3 Å². The van der Waals surface area contributed by atoms with Crippen molar-refractivity contribution in [3.8, 4) is 0 Å². The fourth-order valence-electron chi connectivity index (χ4n) is 1.16. The maximum absolute atomic E-state index is 4.57. The largest absolute Gasteiger partial charge is 0.196 e. The van der Waals surface area contributed by atoms with E-state index in [1.807, 2.05) is 35.3 Å². The Hall–Kier alpha value is 1.11. The Morgan fingerprint density at radius 2 is 0.810 bits per heavy atom. The van der Waals surface area contributed by atoms with E-state index >= 15 is 0 Å². The number of hydrogen-bond donors (Lipinski definition) is 0. The van der Waals surface area contributed by atoms with Crippen molar-refractivity contribution in [2.45, 2.75) is 15.5 Å². The Bertz CT molecular complexity index is 324. The zero-order valence-corrected chi connectivity index (χ0v) is 17.4. The molecule has 0 spiro atoms. The summed E-state index contributed by atoms with van der Waals surface area (Å²) in [6.07, 6.45) is 6.38. The molecule has 0 radical (unpaired) electrons. The van der Waals surface area contributed by atoms with Crippen molar-refractivity contribution in [3.05, 3.63) is 0 Å². The summed E-state index contributed by atoms with van der Waals surface area (Å²) in [7, 11) is 0. The van der Waals surface area contributed by atoms with Crippen molar-refractivity contribution in [2.75, 3.05) is 53.3 Å². The molecule has 0 fully saturated rings. The van der Waals surface area contributed by atoms with Crippen LogP contribution in [0.25, 0.3) is 0 Å². The molecule has 1 aromatic rings. The normalized spacial score (nSPS) is 11.0. The summed E-state index contributed by atoms with van der Waals surface area (Å²) < 4.78 is 0. The highest BCUT2D eigenvalue weighted by molar-refractivity contribution is 8.03. The zero-order chi connectivity index (χ0) is 15.3. The van der Waals surface area contributed by atoms with Gasteiger partial charge in [-0.3, -0.25) is 0 Å². The van der Waals surface area contributed by atoms with E-state index in [0.717, 1.165) is 50.0 Å². The standard InChI is InChI=1S/C12H21N3S6/c1-16-4-7-19-10-13-11(20-8-5-17-2)15-12(14-10)21-9-6-18-3/h4-9H2,1-3H3. The molecule has 1 aromatic heterocycles. The number of aromatic nitrogens is 3. The number of hydrogen-bond acceptors (Lipinski definition) is 9. The van der Waals surface area contributed by atoms with Crippen LogP contribution >= 0.6 is 70.6 Å². The van der Waals surface area contributed by atoms with E-state index in [1.165, 1.54) is 0 Å². The first-order valence-corrected chi connectivity index (χ1v) is 13.5. The van der Waals surface area contributed by atoms with E-state index in [9.17, 15) is 0 Å². The van der Waals surface area contributed by atoms with Gasteiger partial charge in [-0.05, 0) is 18.8 Å². The third kappa shape index (κ3) is 9.76. The SMILES string of the molecule is CSCCSc1nc(SCCSC)nc(SCCSC)n1. The number of nitrogens with zero attached hydrogens (tertiary/aromatic N) is 3. The van der Waals surface area contributed by atoms with Gasteiger partial charge in [0.2, 0.25) is 0 Å². The molecule has 0 atom stereocenters. The van der Waals surface area contributed by atoms with Gasteiger partial charge in [-0.25, -0.2) is 0 Å². The second-order valence-electron chi connectivity index (χ2n) is 3.71. The maximum atomic E-state index is 4.57. The highest BCUT2D eigenvalue weighted by Gasteiger charge is 2.08. The molecule has 1 heterocycles. The van der Waals surface area contributed by atoms with Crippen molar-refractivity contribution >= 4 is 70.6 Å². The molecule has 0 unspecified atom stereocenters. The molecular formula is C12H21N3S6. The van der Waals surface area contributed by atoms with Crippen molar-refractivity contribution in [3.63, 3.8) is 0 Å². The first kappa shape index (κ1) is 20.2. The molecule has 0 aromatic carbocycles. The van der Waals surface area contributed by atoms with Crippen molar-refractivity contribution in [1.29, 1.82) is 0 Å². The van der Waals surface area contributed by atoms with E-state index in [1.54, 1.807) is 35.3 Å². The van der Waals surface area contributed by atoms with Crippen LogP contribution in [0.5, 0.6) is 0 Å². The smallest absolute Gasteiger partial charge is 0.192 e. The van der Waals surface area contributed by atoms with Gasteiger partial charge in [-0.2, -0.15) is 50.2 Å². The molecule has 0 saturated heterocycles. The summed E-state index contributed by atoms with van der Waals surface area (Å²) in [6.45, 7) is 0. The van der Waals surface area contributed by atoms with Crippen LogP contribution in [0.1, 0.15) is 0 Å². The lowest BCUT2D eigenvalue weighted by molar-refractivity contribution is 0.718. The monoisotopic (exact) mass is 399 g/mol. The molecule has 9 heteroatoms. The average Bonchev–Trinajstić information content (AvgIpc) is 2.48. The lowest BCUT2D eigenvalue weighted by Gasteiger charge is -2.06.